The molecule has 2 atom stereocenters. The van der Waals surface area contributed by atoms with Gasteiger partial charge in [0, 0.05) is 10.9 Å². The van der Waals surface area contributed by atoms with E-state index in [9.17, 15) is 4.79 Å². The molecule has 2 nitrogen and oxygen atoms in total. The second-order valence-corrected chi connectivity index (χ2v) is 7.39. The maximum atomic E-state index is 13.4. The normalized spacial score (nSPS) is 30.9. The van der Waals surface area contributed by atoms with Gasteiger partial charge in [0.15, 0.2) is 0 Å². The molecular formula is C17H21NOS. The third kappa shape index (κ3) is 1.72. The quantitative estimate of drug-likeness (QED) is 0.756. The molecule has 2 fully saturated rings. The first-order valence-electron chi connectivity index (χ1n) is 7.85. The summed E-state index contributed by atoms with van der Waals surface area (Å²) in [6, 6.07) is 5.11. The van der Waals surface area contributed by atoms with Crippen LogP contribution in [-0.2, 0) is 10.2 Å². The Kier molecular flexibility index (Phi) is 2.99. The Balaban J connectivity index is 1.71. The van der Waals surface area contributed by atoms with E-state index >= 15 is 0 Å². The summed E-state index contributed by atoms with van der Waals surface area (Å²) >= 11 is 1.77. The average molecular weight is 287 g/mol. The molecule has 1 saturated heterocycles. The van der Waals surface area contributed by atoms with Gasteiger partial charge in [0.2, 0.25) is 5.91 Å². The lowest BCUT2D eigenvalue weighted by atomic mass is 9.82. The summed E-state index contributed by atoms with van der Waals surface area (Å²) in [6.45, 7) is 0. The predicted molar refractivity (Wildman–Crippen MR) is 81.9 cm³/mol. The minimum Gasteiger partial charge on any atom is -0.332 e. The fraction of sp³-hybridized carbons (Fsp3) is 0.588. The molecule has 3 aliphatic rings. The number of carbonyl (C=O) groups excluding carboxylic acids is 1. The van der Waals surface area contributed by atoms with Crippen LogP contribution in [0.4, 0.5) is 0 Å². The average Bonchev–Trinajstić information content (AvgIpc) is 3.18. The summed E-state index contributed by atoms with van der Waals surface area (Å²) < 4.78 is 0. The molecule has 3 heterocycles. The molecule has 3 heteroatoms. The molecule has 2 bridgehead atoms. The summed E-state index contributed by atoms with van der Waals surface area (Å²) in [5.41, 5.74) is -0.194. The smallest absolute Gasteiger partial charge is 0.234 e. The molecule has 0 N–H and O–H groups in total. The first kappa shape index (κ1) is 12.6. The second-order valence-electron chi connectivity index (χ2n) is 6.44. The monoisotopic (exact) mass is 287 g/mol. The maximum absolute atomic E-state index is 13.4. The molecule has 106 valence electrons. The lowest BCUT2D eigenvalue weighted by Gasteiger charge is -2.39. The summed E-state index contributed by atoms with van der Waals surface area (Å²) in [6.07, 6.45) is 12.4. The number of thiophene rings is 1. The third-order valence-corrected chi connectivity index (χ3v) is 6.48. The van der Waals surface area contributed by atoms with Crippen LogP contribution in [0.5, 0.6) is 0 Å². The molecule has 4 rings (SSSR count). The van der Waals surface area contributed by atoms with E-state index in [1.807, 2.05) is 0 Å². The van der Waals surface area contributed by atoms with Gasteiger partial charge in [0.1, 0.15) is 0 Å². The van der Waals surface area contributed by atoms with E-state index in [1.165, 1.54) is 24.1 Å². The Bertz CT molecular complexity index is 527. The van der Waals surface area contributed by atoms with Gasteiger partial charge in [-0.05, 0) is 43.6 Å². The molecule has 0 radical (unpaired) electrons. The highest BCUT2D eigenvalue weighted by atomic mass is 32.1. The first-order chi connectivity index (χ1) is 9.81. The number of hydrogen-bond acceptors (Lipinski definition) is 2. The van der Waals surface area contributed by atoms with E-state index in [1.54, 1.807) is 11.3 Å². The van der Waals surface area contributed by atoms with Crippen molar-refractivity contribution in [2.45, 2.75) is 62.4 Å². The van der Waals surface area contributed by atoms with Crippen LogP contribution in [0.2, 0.25) is 0 Å². The van der Waals surface area contributed by atoms with Gasteiger partial charge in [0.05, 0.1) is 11.5 Å². The maximum Gasteiger partial charge on any atom is 0.234 e. The highest BCUT2D eigenvalue weighted by molar-refractivity contribution is 7.10. The van der Waals surface area contributed by atoms with E-state index in [-0.39, 0.29) is 5.41 Å². The van der Waals surface area contributed by atoms with Crippen molar-refractivity contribution in [2.75, 3.05) is 0 Å². The number of rotatable bonds is 2. The molecule has 20 heavy (non-hydrogen) atoms. The molecule has 1 aromatic heterocycles. The molecule has 2 aliphatic heterocycles. The molecule has 0 aromatic carbocycles. The molecule has 1 amide bonds. The summed E-state index contributed by atoms with van der Waals surface area (Å²) in [4.78, 5) is 16.9. The van der Waals surface area contributed by atoms with Crippen LogP contribution in [0.15, 0.2) is 29.7 Å². The fourth-order valence-corrected chi connectivity index (χ4v) is 5.36. The molecule has 1 saturated carbocycles. The Labute approximate surface area is 124 Å². The van der Waals surface area contributed by atoms with Crippen molar-refractivity contribution in [1.29, 1.82) is 0 Å². The van der Waals surface area contributed by atoms with Crippen molar-refractivity contribution in [3.8, 4) is 0 Å². The van der Waals surface area contributed by atoms with Gasteiger partial charge in [-0.3, -0.25) is 4.79 Å². The van der Waals surface area contributed by atoms with E-state index in [0.29, 0.717) is 18.0 Å². The number of hydrogen-bond donors (Lipinski definition) is 0. The van der Waals surface area contributed by atoms with Gasteiger partial charge in [-0.1, -0.05) is 31.1 Å². The molecule has 1 aliphatic carbocycles. The van der Waals surface area contributed by atoms with Gasteiger partial charge in [-0.2, -0.15) is 0 Å². The van der Waals surface area contributed by atoms with E-state index in [2.05, 4.69) is 34.6 Å². The standard InChI is InChI=1S/C17H21NOS/c19-16(18-13-5-3-6-14(18)9-8-13)17(10-1-2-11-17)15-7-4-12-20-15/h3-5,7,12-14H,1-2,6,8-11H2. The second kappa shape index (κ2) is 4.73. The van der Waals surface area contributed by atoms with Crippen LogP contribution in [0.25, 0.3) is 0 Å². The third-order valence-electron chi connectivity index (χ3n) is 5.41. The molecule has 2 unspecified atom stereocenters. The van der Waals surface area contributed by atoms with Crippen LogP contribution < -0.4 is 0 Å². The van der Waals surface area contributed by atoms with E-state index in [4.69, 9.17) is 0 Å². The van der Waals surface area contributed by atoms with Crippen LogP contribution >= 0.6 is 11.3 Å². The largest absolute Gasteiger partial charge is 0.332 e. The zero-order chi connectivity index (χ0) is 13.6. The van der Waals surface area contributed by atoms with Crippen LogP contribution in [0, 0.1) is 0 Å². The summed E-state index contributed by atoms with van der Waals surface area (Å²) in [7, 11) is 0. The molecular weight excluding hydrogens is 266 g/mol. The lowest BCUT2D eigenvalue weighted by Crippen LogP contribution is -2.51. The fourth-order valence-electron chi connectivity index (χ4n) is 4.38. The Hall–Kier alpha value is -1.09. The van der Waals surface area contributed by atoms with Gasteiger partial charge in [0.25, 0.3) is 0 Å². The van der Waals surface area contributed by atoms with Gasteiger partial charge in [-0.25, -0.2) is 0 Å². The van der Waals surface area contributed by atoms with Crippen molar-refractivity contribution in [3.05, 3.63) is 34.5 Å². The first-order valence-corrected chi connectivity index (χ1v) is 8.73. The Morgan fingerprint density at radius 3 is 2.85 bits per heavy atom. The summed E-state index contributed by atoms with van der Waals surface area (Å²) in [5, 5.41) is 2.12. The highest BCUT2D eigenvalue weighted by Gasteiger charge is 2.50. The highest BCUT2D eigenvalue weighted by Crippen LogP contribution is 2.47. The van der Waals surface area contributed by atoms with Crippen molar-refractivity contribution in [2.24, 2.45) is 0 Å². The number of nitrogens with zero attached hydrogens (tertiary/aromatic N) is 1. The van der Waals surface area contributed by atoms with Crippen molar-refractivity contribution < 1.29 is 4.79 Å². The molecule has 1 aromatic rings. The van der Waals surface area contributed by atoms with Crippen LogP contribution in [0.1, 0.15) is 49.8 Å². The van der Waals surface area contributed by atoms with Crippen molar-refractivity contribution in [3.63, 3.8) is 0 Å². The van der Waals surface area contributed by atoms with Crippen LogP contribution in [0.3, 0.4) is 0 Å². The topological polar surface area (TPSA) is 20.3 Å². The number of carbonyl (C=O) groups is 1. The minimum absolute atomic E-state index is 0.194. The van der Waals surface area contributed by atoms with Crippen molar-refractivity contribution in [1.82, 2.24) is 4.90 Å². The van der Waals surface area contributed by atoms with Gasteiger partial charge < -0.3 is 4.90 Å². The SMILES string of the molecule is O=C(N1C2C=CCC1CC2)C1(c2cccs2)CCCC1. The zero-order valence-corrected chi connectivity index (χ0v) is 12.6. The zero-order valence-electron chi connectivity index (χ0n) is 11.8. The van der Waals surface area contributed by atoms with Gasteiger partial charge in [-0.15, -0.1) is 11.3 Å². The molecule has 0 spiro atoms. The number of amides is 1. The Morgan fingerprint density at radius 1 is 1.30 bits per heavy atom. The summed E-state index contributed by atoms with van der Waals surface area (Å²) in [5.74, 6) is 0.425. The number of fused-ring (bicyclic) bond motifs is 2. The van der Waals surface area contributed by atoms with Crippen molar-refractivity contribution >= 4 is 17.2 Å². The van der Waals surface area contributed by atoms with Crippen LogP contribution in [-0.4, -0.2) is 22.9 Å². The predicted octanol–water partition coefficient (Wildman–Crippen LogP) is 3.88. The van der Waals surface area contributed by atoms with E-state index in [0.717, 1.165) is 25.7 Å². The van der Waals surface area contributed by atoms with Gasteiger partial charge >= 0.3 is 0 Å². The lowest BCUT2D eigenvalue weighted by molar-refractivity contribution is -0.139. The minimum atomic E-state index is -0.194. The van der Waals surface area contributed by atoms with E-state index < -0.39 is 0 Å². The Morgan fingerprint density at radius 2 is 2.15 bits per heavy atom.